The molecule has 4 nitrogen and oxygen atoms in total. The van der Waals surface area contributed by atoms with E-state index in [4.69, 9.17) is 0 Å². The first-order valence-corrected chi connectivity index (χ1v) is 8.71. The maximum absolute atomic E-state index is 12.4. The van der Waals surface area contributed by atoms with E-state index in [9.17, 15) is 9.59 Å². The standard InChI is InChI=1S/C19H28N2O2/c1-3-4-5-18(22)20-17-10-12-21(13-11-17)19(23)14-16-8-6-15(2)7-9-16/h6-9,17H,3-5,10-14H2,1-2H3,(H,20,22). The molecule has 0 atom stereocenters. The Balaban J connectivity index is 1.74. The number of aryl methyl sites for hydroxylation is 1. The Hall–Kier alpha value is -1.84. The summed E-state index contributed by atoms with van der Waals surface area (Å²) in [4.78, 5) is 26.0. The van der Waals surface area contributed by atoms with Crippen molar-refractivity contribution in [3.63, 3.8) is 0 Å². The van der Waals surface area contributed by atoms with Crippen LogP contribution in [0.15, 0.2) is 24.3 Å². The van der Waals surface area contributed by atoms with Gasteiger partial charge >= 0.3 is 0 Å². The van der Waals surface area contributed by atoms with Crippen LogP contribution in [0.1, 0.15) is 50.2 Å². The van der Waals surface area contributed by atoms with Gasteiger partial charge in [-0.1, -0.05) is 43.2 Å². The van der Waals surface area contributed by atoms with Crippen LogP contribution in [0.2, 0.25) is 0 Å². The number of rotatable bonds is 6. The summed E-state index contributed by atoms with van der Waals surface area (Å²) in [6, 6.07) is 8.35. The number of nitrogens with one attached hydrogen (secondary N) is 1. The Labute approximate surface area is 139 Å². The summed E-state index contributed by atoms with van der Waals surface area (Å²) in [5.74, 6) is 0.334. The number of piperidine rings is 1. The number of carbonyl (C=O) groups excluding carboxylic acids is 2. The molecule has 1 N–H and O–H groups in total. The molecule has 126 valence electrons. The van der Waals surface area contributed by atoms with Gasteiger partial charge < -0.3 is 10.2 Å². The highest BCUT2D eigenvalue weighted by Crippen LogP contribution is 2.13. The first kappa shape index (κ1) is 17.5. The molecule has 1 aliphatic heterocycles. The molecule has 1 heterocycles. The van der Waals surface area contributed by atoms with Gasteiger partial charge in [0, 0.05) is 25.6 Å². The minimum atomic E-state index is 0.149. The van der Waals surface area contributed by atoms with E-state index in [1.165, 1.54) is 5.56 Å². The van der Waals surface area contributed by atoms with Crippen molar-refractivity contribution in [2.45, 2.75) is 58.4 Å². The maximum atomic E-state index is 12.4. The van der Waals surface area contributed by atoms with Crippen molar-refractivity contribution in [3.8, 4) is 0 Å². The zero-order valence-electron chi connectivity index (χ0n) is 14.3. The average molecular weight is 316 g/mol. The van der Waals surface area contributed by atoms with E-state index < -0.39 is 0 Å². The van der Waals surface area contributed by atoms with Gasteiger partial charge in [0.2, 0.25) is 11.8 Å². The summed E-state index contributed by atoms with van der Waals surface area (Å²) in [5.41, 5.74) is 2.27. The fourth-order valence-electron chi connectivity index (χ4n) is 2.90. The quantitative estimate of drug-likeness (QED) is 0.877. The molecule has 0 unspecified atom stereocenters. The maximum Gasteiger partial charge on any atom is 0.226 e. The van der Waals surface area contributed by atoms with Crippen LogP contribution in [0, 0.1) is 6.92 Å². The molecule has 1 fully saturated rings. The normalized spacial score (nSPS) is 15.5. The molecule has 1 aromatic carbocycles. The largest absolute Gasteiger partial charge is 0.353 e. The number of nitrogens with zero attached hydrogens (tertiary/aromatic N) is 1. The molecule has 0 bridgehead atoms. The molecule has 23 heavy (non-hydrogen) atoms. The van der Waals surface area contributed by atoms with Gasteiger partial charge in [-0.25, -0.2) is 0 Å². The highest BCUT2D eigenvalue weighted by Gasteiger charge is 2.23. The van der Waals surface area contributed by atoms with Crippen molar-refractivity contribution in [1.82, 2.24) is 10.2 Å². The molecule has 1 aliphatic rings. The Morgan fingerprint density at radius 2 is 1.83 bits per heavy atom. The lowest BCUT2D eigenvalue weighted by Crippen LogP contribution is -2.46. The lowest BCUT2D eigenvalue weighted by Gasteiger charge is -2.32. The Bertz CT molecular complexity index is 517. The van der Waals surface area contributed by atoms with Crippen LogP contribution >= 0.6 is 0 Å². The Morgan fingerprint density at radius 3 is 2.43 bits per heavy atom. The third kappa shape index (κ3) is 5.70. The molecule has 1 aromatic rings. The summed E-state index contributed by atoms with van der Waals surface area (Å²) < 4.78 is 0. The van der Waals surface area contributed by atoms with Crippen LogP contribution in [0.4, 0.5) is 0 Å². The van der Waals surface area contributed by atoms with Crippen molar-refractivity contribution in [2.75, 3.05) is 13.1 Å². The fourth-order valence-corrected chi connectivity index (χ4v) is 2.90. The first-order valence-electron chi connectivity index (χ1n) is 8.71. The molecule has 2 rings (SSSR count). The third-order valence-corrected chi connectivity index (χ3v) is 4.45. The zero-order valence-corrected chi connectivity index (χ0v) is 14.3. The third-order valence-electron chi connectivity index (χ3n) is 4.45. The van der Waals surface area contributed by atoms with Gasteiger partial charge in [0.15, 0.2) is 0 Å². The number of likely N-dealkylation sites (tertiary alicyclic amines) is 1. The highest BCUT2D eigenvalue weighted by atomic mass is 16.2. The summed E-state index contributed by atoms with van der Waals surface area (Å²) >= 11 is 0. The Kier molecular flexibility index (Phi) is 6.63. The van der Waals surface area contributed by atoms with Gasteiger partial charge in [0.25, 0.3) is 0 Å². The van der Waals surface area contributed by atoms with Gasteiger partial charge in [-0.3, -0.25) is 9.59 Å². The predicted octanol–water partition coefficient (Wildman–Crippen LogP) is 2.83. The van der Waals surface area contributed by atoms with Crippen LogP contribution < -0.4 is 5.32 Å². The van der Waals surface area contributed by atoms with Crippen molar-refractivity contribution in [3.05, 3.63) is 35.4 Å². The second-order valence-electron chi connectivity index (χ2n) is 6.49. The number of hydrogen-bond acceptors (Lipinski definition) is 2. The molecule has 0 aliphatic carbocycles. The van der Waals surface area contributed by atoms with E-state index >= 15 is 0 Å². The van der Waals surface area contributed by atoms with Gasteiger partial charge in [0.1, 0.15) is 0 Å². The number of carbonyl (C=O) groups is 2. The number of unbranched alkanes of at least 4 members (excludes halogenated alkanes) is 1. The molecule has 4 heteroatoms. The lowest BCUT2D eigenvalue weighted by atomic mass is 10.0. The SMILES string of the molecule is CCCCC(=O)NC1CCN(C(=O)Cc2ccc(C)cc2)CC1. The molecule has 0 radical (unpaired) electrons. The van der Waals surface area contributed by atoms with Crippen molar-refractivity contribution in [2.24, 2.45) is 0 Å². The monoisotopic (exact) mass is 316 g/mol. The van der Waals surface area contributed by atoms with Crippen LogP contribution in [0.25, 0.3) is 0 Å². The second kappa shape index (κ2) is 8.70. The average Bonchev–Trinajstić information content (AvgIpc) is 2.55. The van der Waals surface area contributed by atoms with E-state index in [1.807, 2.05) is 36.1 Å². The number of benzene rings is 1. The zero-order chi connectivity index (χ0) is 16.7. The van der Waals surface area contributed by atoms with Crippen molar-refractivity contribution in [1.29, 1.82) is 0 Å². The van der Waals surface area contributed by atoms with E-state index in [-0.39, 0.29) is 17.9 Å². The van der Waals surface area contributed by atoms with Crippen molar-refractivity contribution < 1.29 is 9.59 Å². The Morgan fingerprint density at radius 1 is 1.17 bits per heavy atom. The molecule has 1 saturated heterocycles. The molecule has 0 saturated carbocycles. The molecule has 0 aromatic heterocycles. The van der Waals surface area contributed by atoms with Crippen molar-refractivity contribution >= 4 is 11.8 Å². The molecular weight excluding hydrogens is 288 g/mol. The fraction of sp³-hybridized carbons (Fsp3) is 0.579. The predicted molar refractivity (Wildman–Crippen MR) is 92.2 cm³/mol. The summed E-state index contributed by atoms with van der Waals surface area (Å²) in [7, 11) is 0. The van der Waals surface area contributed by atoms with Crippen LogP contribution in [0.5, 0.6) is 0 Å². The van der Waals surface area contributed by atoms with E-state index in [2.05, 4.69) is 12.2 Å². The van der Waals surface area contributed by atoms with E-state index in [0.29, 0.717) is 12.8 Å². The van der Waals surface area contributed by atoms with Gasteiger partial charge in [-0.2, -0.15) is 0 Å². The first-order chi connectivity index (χ1) is 11.1. The molecule has 2 amide bonds. The summed E-state index contributed by atoms with van der Waals surface area (Å²) in [6.45, 7) is 5.61. The van der Waals surface area contributed by atoms with Crippen LogP contribution in [-0.2, 0) is 16.0 Å². The van der Waals surface area contributed by atoms with E-state index in [0.717, 1.165) is 44.3 Å². The smallest absolute Gasteiger partial charge is 0.226 e. The van der Waals surface area contributed by atoms with Crippen LogP contribution in [0.3, 0.4) is 0 Å². The summed E-state index contributed by atoms with van der Waals surface area (Å²) in [5, 5.41) is 3.09. The second-order valence-corrected chi connectivity index (χ2v) is 6.49. The van der Waals surface area contributed by atoms with Gasteiger partial charge in [0.05, 0.1) is 6.42 Å². The van der Waals surface area contributed by atoms with Gasteiger partial charge in [-0.05, 0) is 31.7 Å². The topological polar surface area (TPSA) is 49.4 Å². The van der Waals surface area contributed by atoms with Gasteiger partial charge in [-0.15, -0.1) is 0 Å². The minimum Gasteiger partial charge on any atom is -0.353 e. The van der Waals surface area contributed by atoms with Crippen LogP contribution in [-0.4, -0.2) is 35.8 Å². The number of hydrogen-bond donors (Lipinski definition) is 1. The highest BCUT2D eigenvalue weighted by molar-refractivity contribution is 5.79. The number of amides is 2. The minimum absolute atomic E-state index is 0.149. The summed E-state index contributed by atoms with van der Waals surface area (Å²) in [6.07, 6.45) is 4.78. The lowest BCUT2D eigenvalue weighted by molar-refractivity contribution is -0.131. The van der Waals surface area contributed by atoms with E-state index in [1.54, 1.807) is 0 Å². The molecular formula is C19H28N2O2. The molecule has 0 spiro atoms.